The predicted octanol–water partition coefficient (Wildman–Crippen LogP) is 2.53. The van der Waals surface area contributed by atoms with Crippen molar-refractivity contribution in [2.45, 2.75) is 26.8 Å². The number of nitrogens with zero attached hydrogens (tertiary/aromatic N) is 1. The minimum Gasteiger partial charge on any atom is -0.312 e. The minimum atomic E-state index is -0.321. The second kappa shape index (κ2) is 4.62. The molecule has 0 radical (unpaired) electrons. The summed E-state index contributed by atoms with van der Waals surface area (Å²) in [6.45, 7) is 5.98. The van der Waals surface area contributed by atoms with E-state index in [-0.39, 0.29) is 22.2 Å². The van der Waals surface area contributed by atoms with Gasteiger partial charge in [0.25, 0.3) is 5.56 Å². The van der Waals surface area contributed by atoms with Crippen LogP contribution in [0.5, 0.6) is 0 Å². The normalized spacial score (nSPS) is 12.9. The number of aldehydes is 1. The largest absolute Gasteiger partial charge is 0.312 e. The summed E-state index contributed by atoms with van der Waals surface area (Å²) < 4.78 is 1.54. The second-order valence-electron chi connectivity index (χ2n) is 3.89. The van der Waals surface area contributed by atoms with Gasteiger partial charge in [0, 0.05) is 12.2 Å². The molecule has 3 nitrogen and oxygen atoms in total. The molecule has 0 N–H and O–H groups in total. The van der Waals surface area contributed by atoms with Gasteiger partial charge in [-0.05, 0) is 18.9 Å². The third-order valence-corrected chi connectivity index (χ3v) is 2.95. The Balaban J connectivity index is 3.34. The van der Waals surface area contributed by atoms with Gasteiger partial charge >= 0.3 is 0 Å². The zero-order valence-corrected chi connectivity index (χ0v) is 9.78. The van der Waals surface area contributed by atoms with E-state index in [1.165, 1.54) is 0 Å². The van der Waals surface area contributed by atoms with Crippen molar-refractivity contribution in [1.82, 2.24) is 4.57 Å². The molecule has 1 aromatic rings. The monoisotopic (exact) mass is 227 g/mol. The zero-order valence-electron chi connectivity index (χ0n) is 9.03. The van der Waals surface area contributed by atoms with Crippen LogP contribution in [0.15, 0.2) is 17.1 Å². The Morgan fingerprint density at radius 3 is 2.47 bits per heavy atom. The van der Waals surface area contributed by atoms with Crippen molar-refractivity contribution >= 4 is 17.9 Å². The maximum absolute atomic E-state index is 11.8. The molecule has 82 valence electrons. The van der Waals surface area contributed by atoms with E-state index in [9.17, 15) is 9.59 Å². The van der Waals surface area contributed by atoms with Gasteiger partial charge in [0.15, 0.2) is 6.29 Å². The fraction of sp³-hybridized carbons (Fsp3) is 0.455. The van der Waals surface area contributed by atoms with Gasteiger partial charge in [-0.3, -0.25) is 9.59 Å². The molecule has 1 atom stereocenters. The SMILES string of the molecule is CC(C)[C@H](C)n1ccc(Cl)c(C=O)c1=O. The third kappa shape index (κ3) is 2.29. The summed E-state index contributed by atoms with van der Waals surface area (Å²) in [6, 6.07) is 1.62. The predicted molar refractivity (Wildman–Crippen MR) is 60.6 cm³/mol. The molecule has 0 aliphatic rings. The third-order valence-electron chi connectivity index (χ3n) is 2.63. The molecule has 0 saturated carbocycles. The van der Waals surface area contributed by atoms with Crippen LogP contribution in [0.4, 0.5) is 0 Å². The number of hydrogen-bond acceptors (Lipinski definition) is 2. The van der Waals surface area contributed by atoms with Gasteiger partial charge in [-0.15, -0.1) is 0 Å². The van der Waals surface area contributed by atoms with Crippen LogP contribution < -0.4 is 5.56 Å². The lowest BCUT2D eigenvalue weighted by Gasteiger charge is -2.19. The van der Waals surface area contributed by atoms with E-state index >= 15 is 0 Å². The van der Waals surface area contributed by atoms with E-state index < -0.39 is 0 Å². The Hall–Kier alpha value is -1.09. The van der Waals surface area contributed by atoms with Crippen LogP contribution in [0.25, 0.3) is 0 Å². The van der Waals surface area contributed by atoms with E-state index in [4.69, 9.17) is 11.6 Å². The van der Waals surface area contributed by atoms with Gasteiger partial charge in [-0.1, -0.05) is 25.4 Å². The Morgan fingerprint density at radius 1 is 1.40 bits per heavy atom. The summed E-state index contributed by atoms with van der Waals surface area (Å²) in [6.07, 6.45) is 2.14. The van der Waals surface area contributed by atoms with Gasteiger partial charge in [0.2, 0.25) is 0 Å². The highest BCUT2D eigenvalue weighted by Crippen LogP contribution is 2.16. The quantitative estimate of drug-likeness (QED) is 0.745. The maximum Gasteiger partial charge on any atom is 0.262 e. The summed E-state index contributed by atoms with van der Waals surface area (Å²) in [5.74, 6) is 0.323. The molecule has 0 aromatic carbocycles. The van der Waals surface area contributed by atoms with Gasteiger partial charge in [-0.25, -0.2) is 0 Å². The number of carbonyl (C=O) groups excluding carboxylic acids is 1. The Kier molecular flexibility index (Phi) is 3.69. The Labute approximate surface area is 93.7 Å². The summed E-state index contributed by atoms with van der Waals surface area (Å²) in [5, 5.41) is 0.210. The molecule has 1 rings (SSSR count). The zero-order chi connectivity index (χ0) is 11.6. The van der Waals surface area contributed by atoms with Crippen molar-refractivity contribution in [3.8, 4) is 0 Å². The summed E-state index contributed by atoms with van der Waals surface area (Å²) >= 11 is 5.74. The van der Waals surface area contributed by atoms with Crippen LogP contribution >= 0.6 is 11.6 Å². The number of pyridine rings is 1. The van der Waals surface area contributed by atoms with Crippen LogP contribution in [-0.4, -0.2) is 10.9 Å². The van der Waals surface area contributed by atoms with Crippen molar-refractivity contribution in [3.05, 3.63) is 33.2 Å². The lowest BCUT2D eigenvalue weighted by molar-refractivity contribution is 0.112. The van der Waals surface area contributed by atoms with Crippen LogP contribution in [0.2, 0.25) is 5.02 Å². The topological polar surface area (TPSA) is 39.1 Å². The first-order chi connectivity index (χ1) is 6.99. The summed E-state index contributed by atoms with van der Waals surface area (Å²) in [5.41, 5.74) is -0.287. The molecule has 1 aromatic heterocycles. The fourth-order valence-electron chi connectivity index (χ4n) is 1.29. The Bertz CT molecular complexity index is 423. The van der Waals surface area contributed by atoms with E-state index in [2.05, 4.69) is 0 Å². The highest BCUT2D eigenvalue weighted by molar-refractivity contribution is 6.32. The Morgan fingerprint density at radius 2 is 2.00 bits per heavy atom. The lowest BCUT2D eigenvalue weighted by atomic mass is 10.1. The first-order valence-corrected chi connectivity index (χ1v) is 5.22. The van der Waals surface area contributed by atoms with E-state index in [0.29, 0.717) is 12.2 Å². The van der Waals surface area contributed by atoms with Gasteiger partial charge < -0.3 is 4.57 Å². The molecule has 0 spiro atoms. The van der Waals surface area contributed by atoms with Gasteiger partial charge in [-0.2, -0.15) is 0 Å². The number of halogens is 1. The van der Waals surface area contributed by atoms with Crippen molar-refractivity contribution in [1.29, 1.82) is 0 Å². The summed E-state index contributed by atoms with van der Waals surface area (Å²) in [7, 11) is 0. The summed E-state index contributed by atoms with van der Waals surface area (Å²) in [4.78, 5) is 22.5. The molecular formula is C11H14ClNO2. The second-order valence-corrected chi connectivity index (χ2v) is 4.30. The van der Waals surface area contributed by atoms with Gasteiger partial charge in [0.05, 0.1) is 10.6 Å². The van der Waals surface area contributed by atoms with Crippen molar-refractivity contribution < 1.29 is 4.79 Å². The molecule has 0 amide bonds. The van der Waals surface area contributed by atoms with E-state index in [1.807, 2.05) is 20.8 Å². The lowest BCUT2D eigenvalue weighted by Crippen LogP contribution is -2.28. The molecule has 0 aliphatic heterocycles. The highest BCUT2D eigenvalue weighted by Gasteiger charge is 2.14. The number of aromatic nitrogens is 1. The van der Waals surface area contributed by atoms with Crippen molar-refractivity contribution in [3.63, 3.8) is 0 Å². The van der Waals surface area contributed by atoms with Crippen molar-refractivity contribution in [2.24, 2.45) is 5.92 Å². The van der Waals surface area contributed by atoms with Crippen molar-refractivity contribution in [2.75, 3.05) is 0 Å². The molecular weight excluding hydrogens is 214 g/mol. The molecule has 15 heavy (non-hydrogen) atoms. The van der Waals surface area contributed by atoms with Crippen LogP contribution in [0.3, 0.4) is 0 Å². The minimum absolute atomic E-state index is 0.0340. The average Bonchev–Trinajstić information content (AvgIpc) is 2.17. The maximum atomic E-state index is 11.8. The standard InChI is InChI=1S/C11H14ClNO2/c1-7(2)8(3)13-5-4-10(12)9(6-14)11(13)15/h4-8H,1-3H3/t8-/m0/s1. The van der Waals surface area contributed by atoms with Crippen LogP contribution in [0, 0.1) is 5.92 Å². The first-order valence-electron chi connectivity index (χ1n) is 4.84. The van der Waals surface area contributed by atoms with Crippen LogP contribution in [0.1, 0.15) is 37.2 Å². The molecule has 1 heterocycles. The average molecular weight is 228 g/mol. The van der Waals surface area contributed by atoms with E-state index in [1.54, 1.807) is 16.8 Å². The number of hydrogen-bond donors (Lipinski definition) is 0. The highest BCUT2D eigenvalue weighted by atomic mass is 35.5. The smallest absolute Gasteiger partial charge is 0.262 e. The molecule has 4 heteroatoms. The number of rotatable bonds is 3. The number of carbonyl (C=O) groups is 1. The molecule has 0 aliphatic carbocycles. The fourth-order valence-corrected chi connectivity index (χ4v) is 1.47. The molecule has 0 bridgehead atoms. The van der Waals surface area contributed by atoms with Gasteiger partial charge in [0.1, 0.15) is 0 Å². The molecule has 0 fully saturated rings. The molecule has 0 saturated heterocycles. The van der Waals surface area contributed by atoms with Crippen LogP contribution in [-0.2, 0) is 0 Å². The first kappa shape index (κ1) is 12.0. The molecule has 0 unspecified atom stereocenters. The van der Waals surface area contributed by atoms with E-state index in [0.717, 1.165) is 0 Å².